The molecule has 17 heavy (non-hydrogen) atoms. The average Bonchev–Trinajstić information content (AvgIpc) is 1.97. The molecule has 0 aliphatic rings. The Hall–Kier alpha value is -1.10. The Balaban J connectivity index is 5.13. The van der Waals surface area contributed by atoms with Gasteiger partial charge in [-0.2, -0.15) is 0 Å². The van der Waals surface area contributed by atoms with Crippen molar-refractivity contribution in [3.63, 3.8) is 0 Å². The fourth-order valence-electron chi connectivity index (χ4n) is 1.66. The van der Waals surface area contributed by atoms with Crippen LogP contribution in [0.2, 0.25) is 0 Å². The lowest BCUT2D eigenvalue weighted by Crippen LogP contribution is -2.49. The van der Waals surface area contributed by atoms with Gasteiger partial charge in [-0.25, -0.2) is 0 Å². The van der Waals surface area contributed by atoms with Crippen molar-refractivity contribution < 1.29 is 19.4 Å². The minimum Gasteiger partial charge on any atom is -0.481 e. The predicted octanol–water partition coefficient (Wildman–Crippen LogP) is 1.40. The molecule has 3 N–H and O–H groups in total. The molecule has 0 saturated carbocycles. The maximum Gasteiger partial charge on any atom is 0.312 e. The summed E-state index contributed by atoms with van der Waals surface area (Å²) in [5, 5.41) is 9.14. The number of hydrogen-bond donors (Lipinski definition) is 2. The molecule has 0 rings (SSSR count). The third kappa shape index (κ3) is 4.34. The van der Waals surface area contributed by atoms with Gasteiger partial charge < -0.3 is 15.6 Å². The van der Waals surface area contributed by atoms with E-state index in [2.05, 4.69) is 0 Å². The number of carbonyl (C=O) groups excluding carboxylic acids is 1. The summed E-state index contributed by atoms with van der Waals surface area (Å²) in [5.41, 5.74) is 3.81. The molecule has 0 radical (unpaired) electrons. The molecule has 2 atom stereocenters. The Bertz CT molecular complexity index is 302. The SMILES string of the molecule is CC(N)C(C(=O)OC(C)(C)C)C(C)(C)C(=O)O. The summed E-state index contributed by atoms with van der Waals surface area (Å²) < 4.78 is 5.22. The van der Waals surface area contributed by atoms with Crippen molar-refractivity contribution in [1.29, 1.82) is 0 Å². The molecule has 0 spiro atoms. The first kappa shape index (κ1) is 15.9. The highest BCUT2D eigenvalue weighted by molar-refractivity contribution is 5.84. The van der Waals surface area contributed by atoms with E-state index in [-0.39, 0.29) is 0 Å². The molecule has 0 aromatic rings. The van der Waals surface area contributed by atoms with Gasteiger partial charge in [0, 0.05) is 6.04 Å². The largest absolute Gasteiger partial charge is 0.481 e. The zero-order chi connectivity index (χ0) is 14.0. The third-order valence-electron chi connectivity index (χ3n) is 2.52. The van der Waals surface area contributed by atoms with Gasteiger partial charge in [-0.15, -0.1) is 0 Å². The van der Waals surface area contributed by atoms with Gasteiger partial charge in [-0.1, -0.05) is 0 Å². The first-order valence-electron chi connectivity index (χ1n) is 5.61. The minimum atomic E-state index is -1.25. The van der Waals surface area contributed by atoms with E-state index < -0.39 is 34.9 Å². The summed E-state index contributed by atoms with van der Waals surface area (Å²) in [6.45, 7) is 9.77. The van der Waals surface area contributed by atoms with Crippen LogP contribution in [0.3, 0.4) is 0 Å². The van der Waals surface area contributed by atoms with E-state index in [0.717, 1.165) is 0 Å². The molecule has 0 amide bonds. The number of carboxylic acid groups (broad SMARTS) is 1. The second-order valence-electron chi connectivity index (χ2n) is 5.90. The molecule has 0 aromatic heterocycles. The summed E-state index contributed by atoms with van der Waals surface area (Å²) in [4.78, 5) is 23.2. The second-order valence-corrected chi connectivity index (χ2v) is 5.90. The van der Waals surface area contributed by atoms with Crippen LogP contribution in [0.4, 0.5) is 0 Å². The van der Waals surface area contributed by atoms with Crippen LogP contribution in [-0.4, -0.2) is 28.7 Å². The van der Waals surface area contributed by atoms with E-state index in [1.54, 1.807) is 27.7 Å². The number of aliphatic carboxylic acids is 1. The normalized spacial score (nSPS) is 16.2. The lowest BCUT2D eigenvalue weighted by Gasteiger charge is -2.33. The van der Waals surface area contributed by atoms with E-state index in [0.29, 0.717) is 0 Å². The van der Waals surface area contributed by atoms with Gasteiger partial charge in [0.15, 0.2) is 0 Å². The molecule has 0 aliphatic heterocycles. The maximum absolute atomic E-state index is 12.0. The van der Waals surface area contributed by atoms with Crippen LogP contribution in [0, 0.1) is 11.3 Å². The highest BCUT2D eigenvalue weighted by atomic mass is 16.6. The molecule has 0 saturated heterocycles. The fourth-order valence-corrected chi connectivity index (χ4v) is 1.66. The summed E-state index contributed by atoms with van der Waals surface area (Å²) in [6.07, 6.45) is 0. The Morgan fingerprint density at radius 3 is 1.82 bits per heavy atom. The van der Waals surface area contributed by atoms with Gasteiger partial charge in [-0.3, -0.25) is 9.59 Å². The molecule has 0 aromatic carbocycles. The molecule has 5 heteroatoms. The quantitative estimate of drug-likeness (QED) is 0.731. The molecular weight excluding hydrogens is 222 g/mol. The lowest BCUT2D eigenvalue weighted by molar-refractivity contribution is -0.172. The molecule has 0 aliphatic carbocycles. The van der Waals surface area contributed by atoms with Crippen LogP contribution in [0.5, 0.6) is 0 Å². The lowest BCUT2D eigenvalue weighted by atomic mass is 9.75. The number of hydrogen-bond acceptors (Lipinski definition) is 4. The van der Waals surface area contributed by atoms with Gasteiger partial charge in [0.05, 0.1) is 11.3 Å². The Kier molecular flexibility index (Phi) is 4.71. The van der Waals surface area contributed by atoms with Crippen LogP contribution in [0.1, 0.15) is 41.5 Å². The van der Waals surface area contributed by atoms with Crippen LogP contribution in [0.25, 0.3) is 0 Å². The summed E-state index contributed by atoms with van der Waals surface area (Å²) in [7, 11) is 0. The number of esters is 1. The topological polar surface area (TPSA) is 89.6 Å². The van der Waals surface area contributed by atoms with Crippen molar-refractivity contribution >= 4 is 11.9 Å². The van der Waals surface area contributed by atoms with Crippen LogP contribution < -0.4 is 5.73 Å². The number of carbonyl (C=O) groups is 2. The molecule has 5 nitrogen and oxygen atoms in total. The van der Waals surface area contributed by atoms with Gasteiger partial charge in [-0.05, 0) is 41.5 Å². The van der Waals surface area contributed by atoms with Crippen molar-refractivity contribution in [1.82, 2.24) is 0 Å². The van der Waals surface area contributed by atoms with Crippen LogP contribution in [-0.2, 0) is 14.3 Å². The van der Waals surface area contributed by atoms with Crippen molar-refractivity contribution in [2.24, 2.45) is 17.1 Å². The number of nitrogens with two attached hydrogens (primary N) is 1. The number of rotatable bonds is 4. The monoisotopic (exact) mass is 245 g/mol. The summed E-state index contributed by atoms with van der Waals surface area (Å²) >= 11 is 0. The standard InChI is InChI=1S/C12H23NO4/c1-7(13)8(12(5,6)10(15)16)9(14)17-11(2,3)4/h7-8H,13H2,1-6H3,(H,15,16). The molecule has 0 heterocycles. The van der Waals surface area contributed by atoms with Gasteiger partial charge >= 0.3 is 11.9 Å². The van der Waals surface area contributed by atoms with E-state index in [1.807, 2.05) is 0 Å². The molecule has 2 unspecified atom stereocenters. The van der Waals surface area contributed by atoms with Crippen LogP contribution >= 0.6 is 0 Å². The smallest absolute Gasteiger partial charge is 0.312 e. The Morgan fingerprint density at radius 2 is 1.59 bits per heavy atom. The molecule has 0 bridgehead atoms. The second kappa shape index (κ2) is 5.04. The van der Waals surface area contributed by atoms with Crippen molar-refractivity contribution in [3.8, 4) is 0 Å². The molecule has 0 fully saturated rings. The van der Waals surface area contributed by atoms with E-state index in [1.165, 1.54) is 13.8 Å². The highest BCUT2D eigenvalue weighted by Crippen LogP contribution is 2.31. The fraction of sp³-hybridized carbons (Fsp3) is 0.833. The van der Waals surface area contributed by atoms with Crippen LogP contribution in [0.15, 0.2) is 0 Å². The Labute approximate surface area is 102 Å². The number of carboxylic acids is 1. The maximum atomic E-state index is 12.0. The van der Waals surface area contributed by atoms with Crippen molar-refractivity contribution in [2.45, 2.75) is 53.2 Å². The minimum absolute atomic E-state index is 0.570. The molecular formula is C12H23NO4. The van der Waals surface area contributed by atoms with Crippen molar-refractivity contribution in [3.05, 3.63) is 0 Å². The summed E-state index contributed by atoms with van der Waals surface area (Å²) in [6, 6.07) is -0.587. The van der Waals surface area contributed by atoms with E-state index in [4.69, 9.17) is 15.6 Å². The van der Waals surface area contributed by atoms with Gasteiger partial charge in [0.1, 0.15) is 5.60 Å². The van der Waals surface area contributed by atoms with Gasteiger partial charge in [0.2, 0.25) is 0 Å². The average molecular weight is 245 g/mol. The first-order chi connectivity index (χ1) is 7.39. The Morgan fingerprint density at radius 1 is 1.18 bits per heavy atom. The first-order valence-corrected chi connectivity index (χ1v) is 5.61. The predicted molar refractivity (Wildman–Crippen MR) is 64.4 cm³/mol. The van der Waals surface area contributed by atoms with Crippen molar-refractivity contribution in [2.75, 3.05) is 0 Å². The summed E-state index contributed by atoms with van der Waals surface area (Å²) in [5.74, 6) is -2.51. The van der Waals surface area contributed by atoms with E-state index >= 15 is 0 Å². The zero-order valence-corrected chi connectivity index (χ0v) is 11.4. The number of ether oxygens (including phenoxy) is 1. The van der Waals surface area contributed by atoms with Gasteiger partial charge in [0.25, 0.3) is 0 Å². The highest BCUT2D eigenvalue weighted by Gasteiger charge is 2.45. The zero-order valence-electron chi connectivity index (χ0n) is 11.4. The molecule has 100 valence electrons. The van der Waals surface area contributed by atoms with E-state index in [9.17, 15) is 9.59 Å². The third-order valence-corrected chi connectivity index (χ3v) is 2.52.